The van der Waals surface area contributed by atoms with Crippen LogP contribution in [-0.2, 0) is 0 Å². The van der Waals surface area contributed by atoms with Gasteiger partial charge in [0.05, 0.1) is 17.4 Å². The Morgan fingerprint density at radius 2 is 1.72 bits per heavy atom. The Morgan fingerprint density at radius 3 is 2.33 bits per heavy atom. The molecule has 4 nitrogen and oxygen atoms in total. The first-order chi connectivity index (χ1) is 8.83. The zero-order chi connectivity index (χ0) is 12.4. The summed E-state index contributed by atoms with van der Waals surface area (Å²) in [5.41, 5.74) is 0. The molecule has 0 saturated carbocycles. The van der Waals surface area contributed by atoms with Gasteiger partial charge < -0.3 is 9.80 Å². The molecule has 1 aliphatic rings. The molecule has 2 aromatic rings. The Morgan fingerprint density at radius 1 is 1.06 bits per heavy atom. The number of anilines is 2. The number of hydrogen-bond acceptors (Lipinski definition) is 5. The molecule has 18 heavy (non-hydrogen) atoms. The van der Waals surface area contributed by atoms with E-state index in [1.54, 1.807) is 11.3 Å². The highest BCUT2D eigenvalue weighted by molar-refractivity contribution is 7.14. The second kappa shape index (κ2) is 4.89. The van der Waals surface area contributed by atoms with Gasteiger partial charge in [-0.2, -0.15) is 0 Å². The molecule has 3 rings (SSSR count). The van der Waals surface area contributed by atoms with E-state index in [0.717, 1.165) is 26.2 Å². The molecule has 0 unspecified atom stereocenters. The van der Waals surface area contributed by atoms with Crippen molar-refractivity contribution in [3.63, 3.8) is 0 Å². The van der Waals surface area contributed by atoms with Crippen molar-refractivity contribution in [1.29, 1.82) is 0 Å². The van der Waals surface area contributed by atoms with Crippen LogP contribution in [0.2, 0.25) is 0 Å². The van der Waals surface area contributed by atoms with Crippen molar-refractivity contribution in [2.24, 2.45) is 0 Å². The van der Waals surface area contributed by atoms with E-state index in [1.165, 1.54) is 17.4 Å². The molecule has 0 atom stereocenters. The molecule has 1 fully saturated rings. The van der Waals surface area contributed by atoms with Crippen LogP contribution in [0.5, 0.6) is 0 Å². The number of piperazine rings is 1. The molecule has 3 heterocycles. The van der Waals surface area contributed by atoms with Crippen molar-refractivity contribution >= 4 is 22.3 Å². The van der Waals surface area contributed by atoms with E-state index >= 15 is 0 Å². The minimum absolute atomic E-state index is 0.393. The lowest BCUT2D eigenvalue weighted by atomic mass is 10.3. The first-order valence-electron chi connectivity index (χ1n) is 5.84. The van der Waals surface area contributed by atoms with Gasteiger partial charge in [0.15, 0.2) is 5.82 Å². The second-order valence-corrected chi connectivity index (χ2v) is 5.05. The van der Waals surface area contributed by atoms with E-state index in [4.69, 9.17) is 0 Å². The summed E-state index contributed by atoms with van der Waals surface area (Å²) in [4.78, 5) is 12.5. The van der Waals surface area contributed by atoms with Gasteiger partial charge in [0.25, 0.3) is 0 Å². The van der Waals surface area contributed by atoms with Gasteiger partial charge in [0.1, 0.15) is 0 Å². The molecule has 1 aliphatic heterocycles. The van der Waals surface area contributed by atoms with Crippen LogP contribution < -0.4 is 9.80 Å². The monoisotopic (exact) mass is 264 g/mol. The summed E-state index contributed by atoms with van der Waals surface area (Å²) in [5.74, 6) is 0.221. The molecular formula is C12H13FN4S. The Kier molecular flexibility index (Phi) is 3.10. The first kappa shape index (κ1) is 11.4. The number of halogens is 1. The van der Waals surface area contributed by atoms with Crippen molar-refractivity contribution in [3.8, 4) is 0 Å². The highest BCUT2D eigenvalue weighted by atomic mass is 32.1. The first-order valence-corrected chi connectivity index (χ1v) is 6.72. The quantitative estimate of drug-likeness (QED) is 0.830. The van der Waals surface area contributed by atoms with E-state index < -0.39 is 5.82 Å². The zero-order valence-electron chi connectivity index (χ0n) is 9.79. The molecule has 0 bridgehead atoms. The fourth-order valence-electron chi connectivity index (χ4n) is 2.05. The van der Waals surface area contributed by atoms with Crippen molar-refractivity contribution in [3.05, 3.63) is 35.7 Å². The minimum atomic E-state index is -0.393. The molecule has 6 heteroatoms. The Hall–Kier alpha value is -1.69. The SMILES string of the molecule is Fc1cnc(N2CCN(c3cccs3)CC2)nc1. The summed E-state index contributed by atoms with van der Waals surface area (Å²) in [6.07, 6.45) is 2.43. The summed E-state index contributed by atoms with van der Waals surface area (Å²) in [6.45, 7) is 3.62. The van der Waals surface area contributed by atoms with E-state index in [1.807, 2.05) is 0 Å². The third-order valence-corrected chi connectivity index (χ3v) is 3.92. The Balaban J connectivity index is 1.65. The molecule has 2 aromatic heterocycles. The van der Waals surface area contributed by atoms with Gasteiger partial charge in [-0.3, -0.25) is 0 Å². The van der Waals surface area contributed by atoms with Crippen molar-refractivity contribution < 1.29 is 4.39 Å². The molecule has 0 amide bonds. The van der Waals surface area contributed by atoms with Crippen molar-refractivity contribution in [2.75, 3.05) is 36.0 Å². The molecule has 0 radical (unpaired) electrons. The normalized spacial score (nSPS) is 16.1. The predicted octanol–water partition coefficient (Wildman–Crippen LogP) is 2.00. The van der Waals surface area contributed by atoms with Crippen LogP contribution in [0.15, 0.2) is 29.9 Å². The number of rotatable bonds is 2. The summed E-state index contributed by atoms with van der Waals surface area (Å²) in [6, 6.07) is 4.20. The molecule has 0 aromatic carbocycles. The third-order valence-electron chi connectivity index (χ3n) is 2.99. The van der Waals surface area contributed by atoms with Crippen molar-refractivity contribution in [1.82, 2.24) is 9.97 Å². The van der Waals surface area contributed by atoms with Crippen LogP contribution in [0.1, 0.15) is 0 Å². The van der Waals surface area contributed by atoms with Gasteiger partial charge in [0.2, 0.25) is 5.95 Å². The second-order valence-electron chi connectivity index (χ2n) is 4.13. The summed E-state index contributed by atoms with van der Waals surface area (Å²) in [7, 11) is 0. The van der Waals surface area contributed by atoms with Gasteiger partial charge in [-0.25, -0.2) is 14.4 Å². The standard InChI is InChI=1S/C12H13FN4S/c13-10-8-14-12(15-9-10)17-5-3-16(4-6-17)11-2-1-7-18-11/h1-2,7-9H,3-6H2. The Labute approximate surface area is 109 Å². The fraction of sp³-hybridized carbons (Fsp3) is 0.333. The third kappa shape index (κ3) is 2.28. The largest absolute Gasteiger partial charge is 0.360 e. The summed E-state index contributed by atoms with van der Waals surface area (Å²) >= 11 is 1.76. The topological polar surface area (TPSA) is 32.3 Å². The van der Waals surface area contributed by atoms with Gasteiger partial charge in [0, 0.05) is 26.2 Å². The maximum Gasteiger partial charge on any atom is 0.225 e. The highest BCUT2D eigenvalue weighted by Crippen LogP contribution is 2.23. The Bertz CT molecular complexity index is 491. The van der Waals surface area contributed by atoms with Gasteiger partial charge >= 0.3 is 0 Å². The molecule has 1 saturated heterocycles. The number of nitrogens with zero attached hydrogens (tertiary/aromatic N) is 4. The van der Waals surface area contributed by atoms with Gasteiger partial charge in [-0.15, -0.1) is 11.3 Å². The van der Waals surface area contributed by atoms with Gasteiger partial charge in [-0.1, -0.05) is 0 Å². The number of aromatic nitrogens is 2. The average Bonchev–Trinajstić information content (AvgIpc) is 2.94. The van der Waals surface area contributed by atoms with E-state index in [-0.39, 0.29) is 0 Å². The van der Waals surface area contributed by atoms with E-state index in [9.17, 15) is 4.39 Å². The molecule has 0 aliphatic carbocycles. The minimum Gasteiger partial charge on any atom is -0.360 e. The lowest BCUT2D eigenvalue weighted by Crippen LogP contribution is -2.46. The van der Waals surface area contributed by atoms with Crippen LogP contribution in [-0.4, -0.2) is 36.1 Å². The smallest absolute Gasteiger partial charge is 0.225 e. The van der Waals surface area contributed by atoms with E-state index in [0.29, 0.717) is 5.95 Å². The number of hydrogen-bond donors (Lipinski definition) is 0. The van der Waals surface area contributed by atoms with Crippen LogP contribution >= 0.6 is 11.3 Å². The van der Waals surface area contributed by atoms with Crippen LogP contribution in [0.3, 0.4) is 0 Å². The molecule has 94 valence electrons. The van der Waals surface area contributed by atoms with E-state index in [2.05, 4.69) is 37.3 Å². The van der Waals surface area contributed by atoms with Crippen LogP contribution in [0, 0.1) is 5.82 Å². The van der Waals surface area contributed by atoms with Crippen LogP contribution in [0.25, 0.3) is 0 Å². The lowest BCUT2D eigenvalue weighted by molar-refractivity contribution is 0.603. The predicted molar refractivity (Wildman–Crippen MR) is 70.7 cm³/mol. The molecule has 0 N–H and O–H groups in total. The van der Waals surface area contributed by atoms with Crippen LogP contribution in [0.4, 0.5) is 15.3 Å². The highest BCUT2D eigenvalue weighted by Gasteiger charge is 2.19. The zero-order valence-corrected chi connectivity index (χ0v) is 10.6. The molecule has 0 spiro atoms. The van der Waals surface area contributed by atoms with Crippen molar-refractivity contribution in [2.45, 2.75) is 0 Å². The average molecular weight is 264 g/mol. The summed E-state index contributed by atoms with van der Waals surface area (Å²) < 4.78 is 12.8. The maximum absolute atomic E-state index is 12.8. The van der Waals surface area contributed by atoms with Gasteiger partial charge in [-0.05, 0) is 17.5 Å². The summed E-state index contributed by atoms with van der Waals surface area (Å²) in [5, 5.41) is 3.39. The maximum atomic E-state index is 12.8. The fourth-order valence-corrected chi connectivity index (χ4v) is 2.83. The molecular weight excluding hydrogens is 251 g/mol. The number of thiophene rings is 1. The lowest BCUT2D eigenvalue weighted by Gasteiger charge is -2.35.